The van der Waals surface area contributed by atoms with Crippen molar-refractivity contribution in [1.82, 2.24) is 24.8 Å². The third kappa shape index (κ3) is 5.43. The number of hydrogen-bond acceptors (Lipinski definition) is 7. The van der Waals surface area contributed by atoms with Gasteiger partial charge in [-0.25, -0.2) is 15.0 Å². The van der Waals surface area contributed by atoms with E-state index in [-0.39, 0.29) is 11.5 Å². The Bertz CT molecular complexity index is 863. The van der Waals surface area contributed by atoms with Crippen LogP contribution in [0.3, 0.4) is 0 Å². The van der Waals surface area contributed by atoms with Crippen LogP contribution in [0.25, 0.3) is 0 Å². The molecule has 2 aromatic heterocycles. The first-order valence-corrected chi connectivity index (χ1v) is 11.1. The summed E-state index contributed by atoms with van der Waals surface area (Å²) < 4.78 is 5.09. The Morgan fingerprint density at radius 2 is 1.93 bits per heavy atom. The van der Waals surface area contributed by atoms with Crippen LogP contribution in [0.4, 0.5) is 5.95 Å². The molecule has 2 fully saturated rings. The number of piperidine rings is 2. The standard InChI is InChI=1S/C22H32N6O2/c1-30-11-7-20-23-13-17(14-24-20)15-27-8-5-6-18(16-27)19-12-21(29)26-22(25-19)28-9-3-2-4-10-28/h12-14,18H,2-11,15-16H2,1H3,(H,25,26,29)/t18-/m0/s1. The van der Waals surface area contributed by atoms with E-state index in [1.54, 1.807) is 13.2 Å². The van der Waals surface area contributed by atoms with Gasteiger partial charge in [0.2, 0.25) is 5.95 Å². The van der Waals surface area contributed by atoms with Gasteiger partial charge in [-0.05, 0) is 38.6 Å². The lowest BCUT2D eigenvalue weighted by Crippen LogP contribution is -2.36. The van der Waals surface area contributed by atoms with E-state index >= 15 is 0 Å². The summed E-state index contributed by atoms with van der Waals surface area (Å²) in [6.45, 7) is 5.36. The molecule has 2 saturated heterocycles. The van der Waals surface area contributed by atoms with Gasteiger partial charge in [0.15, 0.2) is 0 Å². The normalized spacial score (nSPS) is 20.4. The highest BCUT2D eigenvalue weighted by Gasteiger charge is 2.24. The topological polar surface area (TPSA) is 87.2 Å². The van der Waals surface area contributed by atoms with E-state index in [0.29, 0.717) is 6.61 Å². The molecule has 0 radical (unpaired) electrons. The summed E-state index contributed by atoms with van der Waals surface area (Å²) in [4.78, 5) is 33.7. The summed E-state index contributed by atoms with van der Waals surface area (Å²) in [5, 5.41) is 0. The number of hydrogen-bond donors (Lipinski definition) is 1. The molecule has 8 nitrogen and oxygen atoms in total. The number of nitrogens with zero attached hydrogens (tertiary/aromatic N) is 5. The molecule has 0 bridgehead atoms. The van der Waals surface area contributed by atoms with E-state index in [0.717, 1.165) is 87.9 Å². The van der Waals surface area contributed by atoms with Gasteiger partial charge in [0, 0.05) is 69.7 Å². The van der Waals surface area contributed by atoms with Crippen LogP contribution in [0.2, 0.25) is 0 Å². The zero-order valence-electron chi connectivity index (χ0n) is 17.8. The van der Waals surface area contributed by atoms with Crippen LogP contribution in [0, 0.1) is 0 Å². The fraction of sp³-hybridized carbons (Fsp3) is 0.636. The van der Waals surface area contributed by atoms with Gasteiger partial charge in [0.05, 0.1) is 12.3 Å². The van der Waals surface area contributed by atoms with Crippen molar-refractivity contribution in [3.8, 4) is 0 Å². The molecule has 2 aliphatic rings. The number of H-pyrrole nitrogens is 1. The molecule has 2 aromatic rings. The molecular formula is C22H32N6O2. The third-order valence-electron chi connectivity index (χ3n) is 6.02. The molecule has 4 rings (SSSR count). The van der Waals surface area contributed by atoms with Gasteiger partial charge in [-0.15, -0.1) is 0 Å². The van der Waals surface area contributed by atoms with E-state index in [1.807, 2.05) is 12.4 Å². The second-order valence-electron chi connectivity index (χ2n) is 8.37. The first kappa shape index (κ1) is 20.9. The van der Waals surface area contributed by atoms with Gasteiger partial charge in [-0.3, -0.25) is 14.7 Å². The lowest BCUT2D eigenvalue weighted by atomic mass is 9.94. The number of rotatable bonds is 7. The molecule has 0 aromatic carbocycles. The Hall–Kier alpha value is -2.32. The SMILES string of the molecule is COCCc1ncc(CN2CCC[C@H](c3cc(=O)[nH]c(N4CCCCC4)n3)C2)cn1. The zero-order valence-corrected chi connectivity index (χ0v) is 17.8. The summed E-state index contributed by atoms with van der Waals surface area (Å²) in [6.07, 6.45) is 10.3. The molecular weight excluding hydrogens is 380 g/mol. The van der Waals surface area contributed by atoms with Crippen molar-refractivity contribution in [2.75, 3.05) is 44.8 Å². The van der Waals surface area contributed by atoms with E-state index in [4.69, 9.17) is 9.72 Å². The summed E-state index contributed by atoms with van der Waals surface area (Å²) in [6, 6.07) is 1.69. The fourth-order valence-corrected chi connectivity index (χ4v) is 4.41. The van der Waals surface area contributed by atoms with Crippen molar-refractivity contribution in [3.63, 3.8) is 0 Å². The lowest BCUT2D eigenvalue weighted by Gasteiger charge is -2.33. The fourth-order valence-electron chi connectivity index (χ4n) is 4.41. The van der Waals surface area contributed by atoms with Gasteiger partial charge >= 0.3 is 0 Å². The smallest absolute Gasteiger partial charge is 0.252 e. The van der Waals surface area contributed by atoms with E-state index in [9.17, 15) is 4.79 Å². The number of anilines is 1. The number of ether oxygens (including phenoxy) is 1. The van der Waals surface area contributed by atoms with Crippen molar-refractivity contribution in [2.24, 2.45) is 0 Å². The van der Waals surface area contributed by atoms with Crippen molar-refractivity contribution >= 4 is 5.95 Å². The van der Waals surface area contributed by atoms with Crippen LogP contribution in [-0.2, 0) is 17.7 Å². The Morgan fingerprint density at radius 3 is 2.70 bits per heavy atom. The molecule has 30 heavy (non-hydrogen) atoms. The number of likely N-dealkylation sites (tertiary alicyclic amines) is 1. The number of aromatic amines is 1. The van der Waals surface area contributed by atoms with Crippen LogP contribution in [-0.4, -0.2) is 64.7 Å². The van der Waals surface area contributed by atoms with Crippen LogP contribution in [0.15, 0.2) is 23.3 Å². The summed E-state index contributed by atoms with van der Waals surface area (Å²) in [5.41, 5.74) is 2.00. The molecule has 0 aliphatic carbocycles. The van der Waals surface area contributed by atoms with Gasteiger partial charge < -0.3 is 9.64 Å². The van der Waals surface area contributed by atoms with Crippen LogP contribution < -0.4 is 10.5 Å². The maximum atomic E-state index is 12.3. The molecule has 4 heterocycles. The average Bonchev–Trinajstić information content (AvgIpc) is 2.79. The minimum absolute atomic E-state index is 0.0438. The Kier molecular flexibility index (Phi) is 7.07. The number of aromatic nitrogens is 4. The molecule has 2 aliphatic heterocycles. The molecule has 1 atom stereocenters. The Morgan fingerprint density at radius 1 is 1.13 bits per heavy atom. The number of methoxy groups -OCH3 is 1. The van der Waals surface area contributed by atoms with E-state index < -0.39 is 0 Å². The molecule has 162 valence electrons. The van der Waals surface area contributed by atoms with E-state index in [2.05, 4.69) is 24.8 Å². The first-order valence-electron chi connectivity index (χ1n) is 11.1. The third-order valence-corrected chi connectivity index (χ3v) is 6.02. The van der Waals surface area contributed by atoms with Crippen LogP contribution in [0.1, 0.15) is 55.1 Å². The Labute approximate surface area is 177 Å². The number of nitrogens with one attached hydrogen (secondary N) is 1. The molecule has 1 N–H and O–H groups in total. The van der Waals surface area contributed by atoms with Crippen molar-refractivity contribution in [2.45, 2.75) is 51.0 Å². The highest BCUT2D eigenvalue weighted by molar-refractivity contribution is 5.31. The minimum atomic E-state index is -0.0438. The maximum absolute atomic E-state index is 12.3. The summed E-state index contributed by atoms with van der Waals surface area (Å²) in [5.74, 6) is 1.84. The van der Waals surface area contributed by atoms with Crippen LogP contribution >= 0.6 is 0 Å². The van der Waals surface area contributed by atoms with E-state index in [1.165, 1.54) is 6.42 Å². The van der Waals surface area contributed by atoms with Crippen molar-refractivity contribution in [3.05, 3.63) is 45.9 Å². The first-order chi connectivity index (χ1) is 14.7. The van der Waals surface area contributed by atoms with Crippen molar-refractivity contribution in [1.29, 1.82) is 0 Å². The summed E-state index contributed by atoms with van der Waals surface area (Å²) >= 11 is 0. The highest BCUT2D eigenvalue weighted by Crippen LogP contribution is 2.27. The Balaban J connectivity index is 1.41. The molecule has 0 saturated carbocycles. The molecule has 0 spiro atoms. The molecule has 0 amide bonds. The quantitative estimate of drug-likeness (QED) is 0.745. The predicted octanol–water partition coefficient (Wildman–Crippen LogP) is 2.12. The minimum Gasteiger partial charge on any atom is -0.384 e. The maximum Gasteiger partial charge on any atom is 0.252 e. The van der Waals surface area contributed by atoms with Gasteiger partial charge in [0.1, 0.15) is 5.82 Å². The molecule has 0 unspecified atom stereocenters. The van der Waals surface area contributed by atoms with Crippen molar-refractivity contribution < 1.29 is 4.74 Å². The molecule has 8 heteroatoms. The van der Waals surface area contributed by atoms with Gasteiger partial charge in [-0.1, -0.05) is 0 Å². The van der Waals surface area contributed by atoms with Crippen LogP contribution in [0.5, 0.6) is 0 Å². The second-order valence-corrected chi connectivity index (χ2v) is 8.37. The van der Waals surface area contributed by atoms with Gasteiger partial charge in [-0.2, -0.15) is 0 Å². The summed E-state index contributed by atoms with van der Waals surface area (Å²) in [7, 11) is 1.69. The zero-order chi connectivity index (χ0) is 20.8. The monoisotopic (exact) mass is 412 g/mol. The largest absolute Gasteiger partial charge is 0.384 e. The highest BCUT2D eigenvalue weighted by atomic mass is 16.5. The average molecular weight is 413 g/mol. The lowest BCUT2D eigenvalue weighted by molar-refractivity contribution is 0.197. The predicted molar refractivity (Wildman–Crippen MR) is 116 cm³/mol. The second kappa shape index (κ2) is 10.1. The van der Waals surface area contributed by atoms with Gasteiger partial charge in [0.25, 0.3) is 5.56 Å².